The predicted octanol–water partition coefficient (Wildman–Crippen LogP) is 5.74. The third kappa shape index (κ3) is 6.34. The number of imide groups is 1. The maximum Gasteiger partial charge on any atom is 0.250 e. The Morgan fingerprint density at radius 3 is 1.83 bits per heavy atom. The van der Waals surface area contributed by atoms with Crippen LogP contribution >= 0.6 is 0 Å². The molecule has 2 amide bonds. The van der Waals surface area contributed by atoms with Gasteiger partial charge in [0.05, 0.1) is 5.54 Å². The first-order chi connectivity index (χ1) is 17.2. The maximum atomic E-state index is 11.7. The van der Waals surface area contributed by atoms with Gasteiger partial charge in [-0.15, -0.1) is 0 Å². The minimum absolute atomic E-state index is 0.173. The second-order valence-corrected chi connectivity index (χ2v) is 9.19. The van der Waals surface area contributed by atoms with Gasteiger partial charge in [-0.2, -0.15) is 0 Å². The minimum Gasteiger partial charge on any atom is -0.300 e. The van der Waals surface area contributed by atoms with Crippen LogP contribution in [0.25, 0.3) is 0 Å². The van der Waals surface area contributed by atoms with Gasteiger partial charge in [-0.05, 0) is 54.5 Å². The number of benzene rings is 3. The number of carbonyl (C=O) groups excluding carboxylic acids is 2. The Morgan fingerprint density at radius 2 is 1.29 bits per heavy atom. The molecule has 0 fully saturated rings. The Hall–Kier alpha value is -3.50. The molecule has 0 saturated heterocycles. The Bertz CT molecular complexity index is 1010. The lowest BCUT2D eigenvalue weighted by atomic mass is 9.77. The summed E-state index contributed by atoms with van der Waals surface area (Å²) < 4.78 is 0. The first kappa shape index (κ1) is 24.6. The predicted molar refractivity (Wildman–Crippen MR) is 141 cm³/mol. The van der Waals surface area contributed by atoms with E-state index in [1.165, 1.54) is 22.8 Å². The number of hydrogen-bond donors (Lipinski definition) is 2. The normalized spacial score (nSPS) is 17.3. The Kier molecular flexibility index (Phi) is 8.63. The summed E-state index contributed by atoms with van der Waals surface area (Å²) in [5, 5.41) is 6.31. The number of rotatable bonds is 10. The molecule has 0 saturated carbocycles. The highest BCUT2D eigenvalue weighted by Crippen LogP contribution is 2.36. The van der Waals surface area contributed by atoms with Crippen LogP contribution in [-0.4, -0.2) is 18.4 Å². The number of nitrogens with one attached hydrogen (secondary N) is 2. The number of carbonyl (C=O) groups is 2. The van der Waals surface area contributed by atoms with Crippen LogP contribution in [0.2, 0.25) is 0 Å². The minimum atomic E-state index is -0.431. The molecule has 4 nitrogen and oxygen atoms in total. The molecule has 0 bridgehead atoms. The Balaban J connectivity index is 1.44. The van der Waals surface area contributed by atoms with Crippen LogP contribution in [0.5, 0.6) is 0 Å². The SMILES string of the molecule is O=C1/C=C\C(CCCCCNC(c2ccccc2)(c2ccccc2)c2ccccc2)CCC(=O)N1. The van der Waals surface area contributed by atoms with E-state index in [0.29, 0.717) is 6.42 Å². The van der Waals surface area contributed by atoms with E-state index in [1.807, 2.05) is 6.08 Å². The van der Waals surface area contributed by atoms with Gasteiger partial charge in [0.2, 0.25) is 11.8 Å². The van der Waals surface area contributed by atoms with Gasteiger partial charge < -0.3 is 0 Å². The molecule has 0 aliphatic carbocycles. The van der Waals surface area contributed by atoms with Crippen molar-refractivity contribution < 1.29 is 9.59 Å². The number of allylic oxidation sites excluding steroid dienone is 1. The lowest BCUT2D eigenvalue weighted by Gasteiger charge is -2.37. The van der Waals surface area contributed by atoms with E-state index in [2.05, 4.69) is 102 Å². The van der Waals surface area contributed by atoms with E-state index in [0.717, 1.165) is 38.6 Å². The Labute approximate surface area is 208 Å². The largest absolute Gasteiger partial charge is 0.300 e. The third-order valence-electron chi connectivity index (χ3n) is 6.79. The molecule has 4 heteroatoms. The smallest absolute Gasteiger partial charge is 0.250 e. The Morgan fingerprint density at radius 1 is 0.743 bits per heavy atom. The summed E-state index contributed by atoms with van der Waals surface area (Å²) in [5.74, 6) is -0.189. The van der Waals surface area contributed by atoms with Crippen molar-refractivity contribution in [2.24, 2.45) is 5.92 Å². The molecule has 1 aliphatic rings. The zero-order valence-corrected chi connectivity index (χ0v) is 20.2. The maximum absolute atomic E-state index is 11.7. The lowest BCUT2D eigenvalue weighted by molar-refractivity contribution is -0.128. The number of unbranched alkanes of at least 4 members (excludes halogenated alkanes) is 2. The highest BCUT2D eigenvalue weighted by molar-refractivity contribution is 6.01. The van der Waals surface area contributed by atoms with Gasteiger partial charge in [0.15, 0.2) is 0 Å². The average Bonchev–Trinajstić information content (AvgIpc) is 2.90. The fourth-order valence-corrected chi connectivity index (χ4v) is 4.97. The first-order valence-corrected chi connectivity index (χ1v) is 12.6. The topological polar surface area (TPSA) is 58.2 Å². The van der Waals surface area contributed by atoms with Crippen molar-refractivity contribution >= 4 is 11.8 Å². The highest BCUT2D eigenvalue weighted by Gasteiger charge is 2.35. The summed E-state index contributed by atoms with van der Waals surface area (Å²) in [7, 11) is 0. The molecule has 0 spiro atoms. The van der Waals surface area contributed by atoms with E-state index < -0.39 is 5.54 Å². The van der Waals surface area contributed by atoms with Crippen LogP contribution in [0.1, 0.15) is 55.2 Å². The molecular weight excluding hydrogens is 432 g/mol. The molecule has 1 heterocycles. The fourth-order valence-electron chi connectivity index (χ4n) is 4.97. The first-order valence-electron chi connectivity index (χ1n) is 12.6. The van der Waals surface area contributed by atoms with Crippen molar-refractivity contribution in [2.75, 3.05) is 6.54 Å². The monoisotopic (exact) mass is 466 g/mol. The summed E-state index contributed by atoms with van der Waals surface area (Å²) in [6.45, 7) is 0.875. The molecule has 3 aromatic rings. The second kappa shape index (κ2) is 12.3. The zero-order chi connectivity index (χ0) is 24.3. The lowest BCUT2D eigenvalue weighted by Crippen LogP contribution is -2.45. The van der Waals surface area contributed by atoms with Crippen molar-refractivity contribution in [3.8, 4) is 0 Å². The van der Waals surface area contributed by atoms with Crippen molar-refractivity contribution in [2.45, 2.75) is 44.1 Å². The van der Waals surface area contributed by atoms with Crippen molar-refractivity contribution in [1.82, 2.24) is 10.6 Å². The van der Waals surface area contributed by atoms with E-state index in [-0.39, 0.29) is 17.7 Å². The van der Waals surface area contributed by atoms with Crippen LogP contribution < -0.4 is 10.6 Å². The molecular formula is C31H34N2O2. The molecule has 180 valence electrons. The molecule has 2 N–H and O–H groups in total. The summed E-state index contributed by atoms with van der Waals surface area (Å²) in [5.41, 5.74) is 3.24. The van der Waals surface area contributed by atoms with Gasteiger partial charge in [0.1, 0.15) is 0 Å². The van der Waals surface area contributed by atoms with E-state index in [9.17, 15) is 9.59 Å². The van der Waals surface area contributed by atoms with Crippen molar-refractivity contribution in [3.05, 3.63) is 120 Å². The van der Waals surface area contributed by atoms with Crippen molar-refractivity contribution in [3.63, 3.8) is 0 Å². The van der Waals surface area contributed by atoms with Crippen LogP contribution in [0.15, 0.2) is 103 Å². The van der Waals surface area contributed by atoms with Gasteiger partial charge in [-0.1, -0.05) is 110 Å². The summed E-state index contributed by atoms with van der Waals surface area (Å²) in [6, 6.07) is 32.0. The zero-order valence-electron chi connectivity index (χ0n) is 20.2. The second-order valence-electron chi connectivity index (χ2n) is 9.19. The van der Waals surface area contributed by atoms with Gasteiger partial charge in [-0.3, -0.25) is 20.2 Å². The van der Waals surface area contributed by atoms with Crippen LogP contribution in [-0.2, 0) is 15.1 Å². The number of amides is 2. The van der Waals surface area contributed by atoms with Crippen LogP contribution in [0.4, 0.5) is 0 Å². The molecule has 35 heavy (non-hydrogen) atoms. The van der Waals surface area contributed by atoms with E-state index in [1.54, 1.807) is 0 Å². The van der Waals surface area contributed by atoms with E-state index >= 15 is 0 Å². The summed E-state index contributed by atoms with van der Waals surface area (Å²) in [6.07, 6.45) is 8.89. The van der Waals surface area contributed by atoms with Crippen molar-refractivity contribution in [1.29, 1.82) is 0 Å². The molecule has 3 aromatic carbocycles. The van der Waals surface area contributed by atoms with Gasteiger partial charge in [0.25, 0.3) is 0 Å². The quantitative estimate of drug-likeness (QED) is 0.228. The van der Waals surface area contributed by atoms with Gasteiger partial charge in [0, 0.05) is 6.42 Å². The highest BCUT2D eigenvalue weighted by atomic mass is 16.2. The summed E-state index contributed by atoms with van der Waals surface area (Å²) >= 11 is 0. The molecule has 0 radical (unpaired) electrons. The molecule has 0 aromatic heterocycles. The molecule has 1 unspecified atom stereocenters. The average molecular weight is 467 g/mol. The van der Waals surface area contributed by atoms with Gasteiger partial charge in [-0.25, -0.2) is 0 Å². The molecule has 1 aliphatic heterocycles. The molecule has 4 rings (SSSR count). The number of hydrogen-bond acceptors (Lipinski definition) is 3. The van der Waals surface area contributed by atoms with E-state index in [4.69, 9.17) is 0 Å². The van der Waals surface area contributed by atoms with Gasteiger partial charge >= 0.3 is 0 Å². The third-order valence-corrected chi connectivity index (χ3v) is 6.79. The van der Waals surface area contributed by atoms with Crippen LogP contribution in [0.3, 0.4) is 0 Å². The standard InChI is InChI=1S/C31H34N2O2/c34-29-22-20-25(21-23-30(35)33-29)13-5-4-12-24-32-31(26-14-6-1-7-15-26,27-16-8-2-9-17-27)28-18-10-3-11-19-28/h1-3,6-11,14-20,22,25,32H,4-5,12-13,21,23-24H2,(H,33,34,35)/b22-20-. The van der Waals surface area contributed by atoms with Crippen LogP contribution in [0, 0.1) is 5.92 Å². The fraction of sp³-hybridized carbons (Fsp3) is 0.290. The summed E-state index contributed by atoms with van der Waals surface area (Å²) in [4.78, 5) is 23.3. The molecule has 1 atom stereocenters.